The number of hydrogen-bond donors (Lipinski definition) is 2. The third-order valence-electron chi connectivity index (χ3n) is 2.70. The van der Waals surface area contributed by atoms with E-state index < -0.39 is 17.6 Å². The van der Waals surface area contributed by atoms with Gasteiger partial charge in [-0.1, -0.05) is 0 Å². The second-order valence-electron chi connectivity index (χ2n) is 4.17. The van der Waals surface area contributed by atoms with Crippen molar-refractivity contribution in [3.8, 4) is 0 Å². The summed E-state index contributed by atoms with van der Waals surface area (Å²) in [5.74, 6) is -1.82. The van der Waals surface area contributed by atoms with Gasteiger partial charge in [-0.2, -0.15) is 0 Å². The first-order chi connectivity index (χ1) is 9.38. The highest BCUT2D eigenvalue weighted by Gasteiger charge is 2.14. The molecule has 0 aliphatic rings. The number of benzene rings is 1. The number of amides is 2. The van der Waals surface area contributed by atoms with Gasteiger partial charge in [-0.05, 0) is 40.2 Å². The number of carbonyl (C=O) groups is 2. The molecule has 2 aromatic rings. The van der Waals surface area contributed by atoms with Crippen molar-refractivity contribution in [2.75, 3.05) is 5.32 Å². The van der Waals surface area contributed by atoms with Crippen LogP contribution in [0.5, 0.6) is 0 Å². The van der Waals surface area contributed by atoms with E-state index in [4.69, 9.17) is 5.73 Å². The quantitative estimate of drug-likeness (QED) is 0.899. The van der Waals surface area contributed by atoms with Crippen molar-refractivity contribution in [3.63, 3.8) is 0 Å². The Bertz CT molecular complexity index is 697. The maximum Gasteiger partial charge on any atom is 0.272 e. The minimum Gasteiger partial charge on any atom is -0.366 e. The average molecular weight is 340 g/mol. The fraction of sp³-hybridized carbons (Fsp3) is 0.0769. The van der Waals surface area contributed by atoms with Gasteiger partial charge in [0.1, 0.15) is 11.5 Å². The van der Waals surface area contributed by atoms with Gasteiger partial charge >= 0.3 is 0 Å². The van der Waals surface area contributed by atoms with Crippen molar-refractivity contribution >= 4 is 33.4 Å². The first-order valence-electron chi connectivity index (χ1n) is 5.61. The maximum atomic E-state index is 13.6. The van der Waals surface area contributed by atoms with Crippen molar-refractivity contribution in [3.05, 3.63) is 52.0 Å². The topological polar surface area (TPSA) is 77.1 Å². The van der Waals surface area contributed by atoms with E-state index in [-0.39, 0.29) is 11.3 Å². The van der Waals surface area contributed by atoms with Gasteiger partial charge < -0.3 is 15.6 Å². The fourth-order valence-corrected chi connectivity index (χ4v) is 2.23. The zero-order valence-corrected chi connectivity index (χ0v) is 12.1. The molecule has 7 heteroatoms. The molecule has 2 amide bonds. The lowest BCUT2D eigenvalue weighted by atomic mass is 10.2. The van der Waals surface area contributed by atoms with Crippen LogP contribution in [0.2, 0.25) is 0 Å². The smallest absolute Gasteiger partial charge is 0.272 e. The van der Waals surface area contributed by atoms with E-state index in [0.717, 1.165) is 10.5 Å². The van der Waals surface area contributed by atoms with E-state index >= 15 is 0 Å². The van der Waals surface area contributed by atoms with Gasteiger partial charge in [0.15, 0.2) is 0 Å². The number of nitrogens with two attached hydrogens (primary N) is 1. The van der Waals surface area contributed by atoms with E-state index in [1.807, 2.05) is 0 Å². The molecule has 5 nitrogen and oxygen atoms in total. The molecule has 2 rings (SSSR count). The van der Waals surface area contributed by atoms with Gasteiger partial charge in [-0.3, -0.25) is 9.59 Å². The summed E-state index contributed by atoms with van der Waals surface area (Å²) < 4.78 is 16.0. The zero-order chi connectivity index (χ0) is 14.9. The molecule has 1 heterocycles. The number of anilines is 1. The van der Waals surface area contributed by atoms with E-state index in [0.29, 0.717) is 5.69 Å². The Morgan fingerprint density at radius 3 is 2.60 bits per heavy atom. The molecule has 1 aromatic carbocycles. The highest BCUT2D eigenvalue weighted by Crippen LogP contribution is 2.19. The molecular formula is C13H11BrFN3O2. The van der Waals surface area contributed by atoms with Crippen molar-refractivity contribution in [2.45, 2.75) is 0 Å². The molecule has 0 unspecified atom stereocenters. The normalized spacial score (nSPS) is 10.3. The van der Waals surface area contributed by atoms with E-state index in [2.05, 4.69) is 21.2 Å². The number of primary amides is 1. The fourth-order valence-electron chi connectivity index (χ4n) is 1.71. The largest absolute Gasteiger partial charge is 0.366 e. The lowest BCUT2D eigenvalue weighted by molar-refractivity contribution is 0.0994. The van der Waals surface area contributed by atoms with Crippen LogP contribution in [0.25, 0.3) is 0 Å². The summed E-state index contributed by atoms with van der Waals surface area (Å²) in [5.41, 5.74) is 5.49. The Kier molecular flexibility index (Phi) is 3.89. The second kappa shape index (κ2) is 5.46. The maximum absolute atomic E-state index is 13.6. The van der Waals surface area contributed by atoms with Gasteiger partial charge in [0.05, 0.1) is 5.69 Å². The third-order valence-corrected chi connectivity index (χ3v) is 3.14. The van der Waals surface area contributed by atoms with Crippen molar-refractivity contribution in [1.29, 1.82) is 0 Å². The number of aryl methyl sites for hydroxylation is 1. The van der Waals surface area contributed by atoms with Gasteiger partial charge in [0.2, 0.25) is 5.91 Å². The monoisotopic (exact) mass is 339 g/mol. The minimum atomic E-state index is -0.692. The summed E-state index contributed by atoms with van der Waals surface area (Å²) >= 11 is 3.25. The molecule has 3 N–H and O–H groups in total. The van der Waals surface area contributed by atoms with Gasteiger partial charge in [-0.25, -0.2) is 4.39 Å². The summed E-state index contributed by atoms with van der Waals surface area (Å²) in [6.07, 6.45) is 1.70. The van der Waals surface area contributed by atoms with E-state index in [1.54, 1.807) is 23.9 Å². The Morgan fingerprint density at radius 2 is 2.05 bits per heavy atom. The highest BCUT2D eigenvalue weighted by atomic mass is 79.9. The highest BCUT2D eigenvalue weighted by molar-refractivity contribution is 9.10. The number of aromatic nitrogens is 1. The molecular weight excluding hydrogens is 329 g/mol. The average Bonchev–Trinajstić information content (AvgIpc) is 2.71. The molecule has 0 bridgehead atoms. The number of carbonyl (C=O) groups excluding carboxylic acids is 2. The second-order valence-corrected chi connectivity index (χ2v) is 5.08. The number of rotatable bonds is 3. The third kappa shape index (κ3) is 2.88. The van der Waals surface area contributed by atoms with Crippen LogP contribution >= 0.6 is 15.9 Å². The van der Waals surface area contributed by atoms with Crippen molar-refractivity contribution in [2.24, 2.45) is 12.8 Å². The van der Waals surface area contributed by atoms with E-state index in [9.17, 15) is 14.0 Å². The Labute approximate surface area is 122 Å². The van der Waals surface area contributed by atoms with Gasteiger partial charge in [-0.15, -0.1) is 0 Å². The van der Waals surface area contributed by atoms with Crippen LogP contribution in [0.15, 0.2) is 34.9 Å². The SMILES string of the molecule is Cn1cc(Br)cc1C(=O)Nc1cc(C(N)=O)ccc1F. The molecule has 20 heavy (non-hydrogen) atoms. The van der Waals surface area contributed by atoms with Crippen LogP contribution in [-0.4, -0.2) is 16.4 Å². The first-order valence-corrected chi connectivity index (χ1v) is 6.40. The molecule has 0 saturated heterocycles. The predicted octanol–water partition coefficient (Wildman–Crippen LogP) is 2.28. The van der Waals surface area contributed by atoms with Crippen molar-refractivity contribution < 1.29 is 14.0 Å². The van der Waals surface area contributed by atoms with E-state index in [1.165, 1.54) is 12.1 Å². The van der Waals surface area contributed by atoms with Crippen LogP contribution in [0.4, 0.5) is 10.1 Å². The molecule has 0 saturated carbocycles. The Balaban J connectivity index is 2.30. The van der Waals surface area contributed by atoms with Crippen LogP contribution in [0.3, 0.4) is 0 Å². The number of hydrogen-bond acceptors (Lipinski definition) is 2. The molecule has 1 aromatic heterocycles. The van der Waals surface area contributed by atoms with Gasteiger partial charge in [0, 0.05) is 23.3 Å². The molecule has 0 atom stereocenters. The standard InChI is InChI=1S/C13H11BrFN3O2/c1-18-6-8(14)5-11(18)13(20)17-10-4-7(12(16)19)2-3-9(10)15/h2-6H,1H3,(H2,16,19)(H,17,20). The molecule has 0 aliphatic heterocycles. The summed E-state index contributed by atoms with van der Waals surface area (Å²) in [4.78, 5) is 23.1. The predicted molar refractivity (Wildman–Crippen MR) is 76.0 cm³/mol. The molecule has 0 aliphatic carbocycles. The number of nitrogens with zero attached hydrogens (tertiary/aromatic N) is 1. The van der Waals surface area contributed by atoms with Crippen LogP contribution in [-0.2, 0) is 7.05 Å². The van der Waals surface area contributed by atoms with Crippen LogP contribution in [0.1, 0.15) is 20.8 Å². The number of halogens is 2. The lowest BCUT2D eigenvalue weighted by Crippen LogP contribution is -2.17. The molecule has 0 radical (unpaired) electrons. The van der Waals surface area contributed by atoms with Crippen LogP contribution < -0.4 is 11.1 Å². The summed E-state index contributed by atoms with van der Waals surface area (Å²) in [5, 5.41) is 2.41. The summed E-state index contributed by atoms with van der Waals surface area (Å²) in [7, 11) is 1.69. The first kappa shape index (κ1) is 14.3. The van der Waals surface area contributed by atoms with Crippen molar-refractivity contribution in [1.82, 2.24) is 4.57 Å². The zero-order valence-electron chi connectivity index (χ0n) is 10.5. The molecule has 0 fully saturated rings. The molecule has 104 valence electrons. The molecule has 0 spiro atoms. The Morgan fingerprint density at radius 1 is 1.35 bits per heavy atom. The summed E-state index contributed by atoms with van der Waals surface area (Å²) in [6.45, 7) is 0. The lowest BCUT2D eigenvalue weighted by Gasteiger charge is -2.08. The van der Waals surface area contributed by atoms with Crippen LogP contribution in [0, 0.1) is 5.82 Å². The minimum absolute atomic E-state index is 0.0939. The summed E-state index contributed by atoms with van der Waals surface area (Å²) in [6, 6.07) is 5.14. The number of nitrogens with one attached hydrogen (secondary N) is 1. The van der Waals surface area contributed by atoms with Gasteiger partial charge in [0.25, 0.3) is 5.91 Å². The Hall–Kier alpha value is -2.15.